The predicted molar refractivity (Wildman–Crippen MR) is 97.6 cm³/mol. The Morgan fingerprint density at radius 3 is 2.46 bits per heavy atom. The number of benzene rings is 1. The number of ether oxygens (including phenoxy) is 1. The van der Waals surface area contributed by atoms with Crippen molar-refractivity contribution in [2.24, 2.45) is 4.99 Å². The number of methoxy groups -OCH3 is 1. The molecule has 0 aliphatic heterocycles. The smallest absolute Gasteiger partial charge is 0.237 e. The summed E-state index contributed by atoms with van der Waals surface area (Å²) in [7, 11) is 1.60. The van der Waals surface area contributed by atoms with Crippen LogP contribution in [0.1, 0.15) is 36.2 Å². The number of Topliss-reactive ketones (excluding diaryl/α,β-unsaturated/α-hetero) is 1. The van der Waals surface area contributed by atoms with Gasteiger partial charge in [-0.3, -0.25) is 4.79 Å². The summed E-state index contributed by atoms with van der Waals surface area (Å²) in [6.45, 7) is 2.75. The fourth-order valence-electron chi connectivity index (χ4n) is 2.31. The maximum absolute atomic E-state index is 13.0. The van der Waals surface area contributed by atoms with Crippen LogP contribution in [-0.4, -0.2) is 24.5 Å². The number of aliphatic imine (C=N–C) groups is 1. The minimum absolute atomic E-state index is 0.0703. The summed E-state index contributed by atoms with van der Waals surface area (Å²) in [4.78, 5) is 17.4. The molecule has 0 saturated carbocycles. The molecule has 0 N–H and O–H groups in total. The fourth-order valence-corrected chi connectivity index (χ4v) is 2.63. The highest BCUT2D eigenvalue weighted by Gasteiger charge is 2.27. The Labute approximate surface area is 148 Å². The van der Waals surface area contributed by atoms with Gasteiger partial charge in [0.1, 0.15) is 5.75 Å². The number of unbranched alkanes of at least 4 members (excludes halogenated alkanes) is 1. The van der Waals surface area contributed by atoms with Crippen LogP contribution in [0.15, 0.2) is 59.9 Å². The van der Waals surface area contributed by atoms with E-state index < -0.39 is 6.04 Å². The topological polar surface area (TPSA) is 42.5 Å². The monoisotopic (exact) mass is 342 g/mol. The summed E-state index contributed by atoms with van der Waals surface area (Å²) < 4.78 is 6.96. The zero-order valence-corrected chi connectivity index (χ0v) is 14.8. The molecule has 2 aromatic rings. The molecular formula is C19H22N2O2S. The van der Waals surface area contributed by atoms with E-state index in [0.29, 0.717) is 22.9 Å². The Balaban J connectivity index is 2.33. The van der Waals surface area contributed by atoms with Gasteiger partial charge >= 0.3 is 0 Å². The number of carbonyl (C=O) groups is 1. The normalized spacial score (nSPS) is 12.7. The van der Waals surface area contributed by atoms with E-state index in [1.165, 1.54) is 0 Å². The number of hydrogen-bond acceptors (Lipinski definition) is 4. The van der Waals surface area contributed by atoms with Crippen LogP contribution in [0.4, 0.5) is 0 Å². The number of pyridine rings is 1. The third-order valence-electron chi connectivity index (χ3n) is 3.67. The third-order valence-corrected chi connectivity index (χ3v) is 4.03. The molecule has 24 heavy (non-hydrogen) atoms. The van der Waals surface area contributed by atoms with Gasteiger partial charge in [-0.15, -0.1) is 0 Å². The summed E-state index contributed by atoms with van der Waals surface area (Å²) >= 11 is 5.46. The number of rotatable bonds is 8. The molecule has 0 bridgehead atoms. The van der Waals surface area contributed by atoms with Crippen molar-refractivity contribution in [1.82, 2.24) is 0 Å². The lowest BCUT2D eigenvalue weighted by molar-refractivity contribution is -0.691. The minimum Gasteiger partial charge on any atom is -0.758 e. The molecule has 0 radical (unpaired) electrons. The highest BCUT2D eigenvalue weighted by Crippen LogP contribution is 2.16. The first-order chi connectivity index (χ1) is 11.7. The average molecular weight is 342 g/mol. The van der Waals surface area contributed by atoms with Crippen molar-refractivity contribution in [3.8, 4) is 5.75 Å². The van der Waals surface area contributed by atoms with Crippen molar-refractivity contribution in [3.63, 3.8) is 0 Å². The summed E-state index contributed by atoms with van der Waals surface area (Å²) in [5.74, 6) is 0.643. The number of aromatic nitrogens is 1. The first kappa shape index (κ1) is 18.1. The third kappa shape index (κ3) is 4.61. The highest BCUT2D eigenvalue weighted by molar-refractivity contribution is 7.77. The van der Waals surface area contributed by atoms with Crippen molar-refractivity contribution in [2.45, 2.75) is 25.8 Å². The molecule has 126 valence electrons. The van der Waals surface area contributed by atoms with Gasteiger partial charge in [0.25, 0.3) is 0 Å². The van der Waals surface area contributed by atoms with Crippen LogP contribution in [0.25, 0.3) is 0 Å². The van der Waals surface area contributed by atoms with E-state index in [2.05, 4.69) is 11.9 Å². The molecular weight excluding hydrogens is 320 g/mol. The first-order valence-corrected chi connectivity index (χ1v) is 8.43. The van der Waals surface area contributed by atoms with Crippen molar-refractivity contribution in [3.05, 3.63) is 60.4 Å². The van der Waals surface area contributed by atoms with E-state index in [1.807, 2.05) is 35.2 Å². The molecule has 2 rings (SSSR count). The quantitative estimate of drug-likeness (QED) is 0.185. The van der Waals surface area contributed by atoms with Crippen molar-refractivity contribution in [1.29, 1.82) is 0 Å². The lowest BCUT2D eigenvalue weighted by atomic mass is 10.0. The molecule has 0 saturated heterocycles. The lowest BCUT2D eigenvalue weighted by Crippen LogP contribution is -2.47. The molecule has 0 aliphatic carbocycles. The van der Waals surface area contributed by atoms with Crippen LogP contribution in [-0.2, 0) is 12.6 Å². The lowest BCUT2D eigenvalue weighted by Gasteiger charge is -2.18. The number of hydrogen-bond donors (Lipinski definition) is 0. The summed E-state index contributed by atoms with van der Waals surface area (Å²) in [6.07, 6.45) is 5.69. The summed E-state index contributed by atoms with van der Waals surface area (Å²) in [5, 5.41) is 0.417. The van der Waals surface area contributed by atoms with E-state index in [-0.39, 0.29) is 5.78 Å². The molecule has 1 aromatic heterocycles. The second-order valence-electron chi connectivity index (χ2n) is 5.39. The maximum atomic E-state index is 13.0. The molecule has 1 aromatic carbocycles. The molecule has 4 nitrogen and oxygen atoms in total. The van der Waals surface area contributed by atoms with E-state index in [4.69, 9.17) is 17.4 Å². The van der Waals surface area contributed by atoms with Crippen LogP contribution in [0.3, 0.4) is 0 Å². The second-order valence-corrected chi connectivity index (χ2v) is 5.81. The largest absolute Gasteiger partial charge is 0.758 e. The van der Waals surface area contributed by atoms with Crippen LogP contribution >= 0.6 is 0 Å². The molecule has 0 amide bonds. The molecule has 0 fully saturated rings. The minimum atomic E-state index is -0.605. The van der Waals surface area contributed by atoms with Gasteiger partial charge in [-0.1, -0.05) is 19.4 Å². The number of ketones is 1. The molecule has 1 unspecified atom stereocenters. The van der Waals surface area contributed by atoms with E-state index in [9.17, 15) is 4.79 Å². The van der Waals surface area contributed by atoms with E-state index in [0.717, 1.165) is 12.8 Å². The average Bonchev–Trinajstić information content (AvgIpc) is 2.63. The van der Waals surface area contributed by atoms with Crippen LogP contribution in [0.5, 0.6) is 5.75 Å². The first-order valence-electron chi connectivity index (χ1n) is 8.02. The molecule has 1 atom stereocenters. The fraction of sp³-hybridized carbons (Fsp3) is 0.316. The SMILES string of the molecule is CCCCN=C([S-])C(C(=O)c1ccc(OC)cc1)[n+]1ccccc1. The van der Waals surface area contributed by atoms with Gasteiger partial charge in [-0.2, -0.15) is 4.57 Å². The van der Waals surface area contributed by atoms with Crippen molar-refractivity contribution in [2.75, 3.05) is 13.7 Å². The van der Waals surface area contributed by atoms with Crippen LogP contribution in [0, 0.1) is 0 Å². The zero-order valence-electron chi connectivity index (χ0n) is 14.0. The van der Waals surface area contributed by atoms with Gasteiger partial charge in [-0.05, 0) is 35.7 Å². The number of nitrogens with zero attached hydrogens (tertiary/aromatic N) is 2. The van der Waals surface area contributed by atoms with Gasteiger partial charge in [0, 0.05) is 24.2 Å². The second kappa shape index (κ2) is 9.13. The van der Waals surface area contributed by atoms with Gasteiger partial charge in [0.15, 0.2) is 12.4 Å². The van der Waals surface area contributed by atoms with Crippen molar-refractivity contribution >= 4 is 23.5 Å². The Morgan fingerprint density at radius 1 is 1.21 bits per heavy atom. The Kier molecular flexibility index (Phi) is 6.88. The Hall–Kier alpha value is -2.27. The molecule has 5 heteroatoms. The highest BCUT2D eigenvalue weighted by atomic mass is 32.1. The summed E-state index contributed by atoms with van der Waals surface area (Å²) in [6, 6.07) is 12.1. The van der Waals surface area contributed by atoms with Crippen LogP contribution < -0.4 is 9.30 Å². The number of carbonyl (C=O) groups excluding carboxylic acids is 1. The Bertz CT molecular complexity index is 684. The zero-order chi connectivity index (χ0) is 17.4. The molecule has 1 heterocycles. The standard InChI is InChI=1S/C19H22N2O2S/c1-3-4-12-20-19(24)17(21-13-6-5-7-14-21)18(22)15-8-10-16(23-2)11-9-15/h5-11,13-14,17H,3-4,12H2,1-2H3. The van der Waals surface area contributed by atoms with E-state index >= 15 is 0 Å². The molecule has 0 spiro atoms. The van der Waals surface area contributed by atoms with Gasteiger partial charge in [0.05, 0.1) is 7.11 Å². The summed E-state index contributed by atoms with van der Waals surface area (Å²) in [5.41, 5.74) is 0.588. The molecule has 0 aliphatic rings. The van der Waals surface area contributed by atoms with Gasteiger partial charge in [0.2, 0.25) is 11.8 Å². The van der Waals surface area contributed by atoms with Crippen molar-refractivity contribution < 1.29 is 14.1 Å². The van der Waals surface area contributed by atoms with Gasteiger partial charge in [-0.25, -0.2) is 0 Å². The van der Waals surface area contributed by atoms with E-state index in [1.54, 1.807) is 31.4 Å². The Morgan fingerprint density at radius 2 is 1.88 bits per heavy atom. The maximum Gasteiger partial charge on any atom is 0.237 e. The predicted octanol–water partition coefficient (Wildman–Crippen LogP) is 3.15. The van der Waals surface area contributed by atoms with Gasteiger partial charge < -0.3 is 22.4 Å². The van der Waals surface area contributed by atoms with Crippen LogP contribution in [0.2, 0.25) is 0 Å².